The van der Waals surface area contributed by atoms with Crippen molar-refractivity contribution in [3.05, 3.63) is 12.2 Å². The molecule has 0 heterocycles. The molecule has 2 unspecified atom stereocenters. The summed E-state index contributed by atoms with van der Waals surface area (Å²) in [6.45, 7) is 4.16. The van der Waals surface area contributed by atoms with Gasteiger partial charge >= 0.3 is 0 Å². The first-order valence-electron chi connectivity index (χ1n) is 12.7. The molecule has 0 aromatic heterocycles. The maximum absolute atomic E-state index is 12.3. The first-order chi connectivity index (χ1) is 14.7. The molecule has 0 bridgehead atoms. The van der Waals surface area contributed by atoms with Gasteiger partial charge in [-0.3, -0.25) is 4.79 Å². The highest BCUT2D eigenvalue weighted by Crippen LogP contribution is 2.13. The minimum absolute atomic E-state index is 0.0517. The van der Waals surface area contributed by atoms with E-state index >= 15 is 0 Å². The number of carboxylic acids is 1. The third-order valence-electron chi connectivity index (χ3n) is 5.91. The zero-order chi connectivity index (χ0) is 23.5. The molecule has 2 atom stereocenters. The summed E-state index contributed by atoms with van der Waals surface area (Å²) in [7, 11) is 5.46. The number of nitrogens with one attached hydrogen (secondary N) is 1. The van der Waals surface area contributed by atoms with E-state index in [1.807, 2.05) is 28.1 Å². The van der Waals surface area contributed by atoms with Crippen LogP contribution in [0, 0.1) is 0 Å². The van der Waals surface area contributed by atoms with Crippen LogP contribution in [0.15, 0.2) is 12.2 Å². The Labute approximate surface area is 192 Å². The lowest BCUT2D eigenvalue weighted by Crippen LogP contribution is -2.64. The van der Waals surface area contributed by atoms with Crippen LogP contribution >= 0.6 is 0 Å². The number of quaternary nitrogens is 1. The SMILES string of the molecule is CCCCCCCC/C=C\CCCCCCCC(=O)NC(CC)C(C(=O)[O-])[N+](C)(C)C. The molecule has 0 fully saturated rings. The van der Waals surface area contributed by atoms with Crippen molar-refractivity contribution in [3.8, 4) is 0 Å². The minimum atomic E-state index is -1.11. The van der Waals surface area contributed by atoms with E-state index in [0.717, 1.165) is 25.7 Å². The van der Waals surface area contributed by atoms with Crippen molar-refractivity contribution in [2.45, 2.75) is 122 Å². The van der Waals surface area contributed by atoms with Crippen molar-refractivity contribution in [1.82, 2.24) is 5.32 Å². The van der Waals surface area contributed by atoms with Gasteiger partial charge in [0.25, 0.3) is 0 Å². The molecular formula is C26H50N2O3. The Morgan fingerprint density at radius 2 is 1.29 bits per heavy atom. The lowest BCUT2D eigenvalue weighted by Gasteiger charge is -2.39. The van der Waals surface area contributed by atoms with E-state index < -0.39 is 18.1 Å². The molecule has 0 aliphatic carbocycles. The quantitative estimate of drug-likeness (QED) is 0.169. The van der Waals surface area contributed by atoms with Gasteiger partial charge in [0.1, 0.15) is 12.0 Å². The molecule has 0 saturated heterocycles. The molecule has 1 amide bonds. The number of carbonyl (C=O) groups is 2. The third-order valence-corrected chi connectivity index (χ3v) is 5.91. The number of rotatable bonds is 20. The molecule has 31 heavy (non-hydrogen) atoms. The van der Waals surface area contributed by atoms with Gasteiger partial charge in [-0.25, -0.2) is 0 Å². The molecule has 5 heteroatoms. The van der Waals surface area contributed by atoms with Gasteiger partial charge in [-0.1, -0.05) is 77.4 Å². The normalized spacial score (nSPS) is 14.0. The van der Waals surface area contributed by atoms with Crippen molar-refractivity contribution in [1.29, 1.82) is 0 Å². The number of hydrogen-bond acceptors (Lipinski definition) is 3. The van der Waals surface area contributed by atoms with Crippen LogP contribution in [0.1, 0.15) is 110 Å². The van der Waals surface area contributed by atoms with Gasteiger partial charge in [0.15, 0.2) is 0 Å². The van der Waals surface area contributed by atoms with Crippen LogP contribution in [-0.4, -0.2) is 49.6 Å². The molecule has 182 valence electrons. The highest BCUT2D eigenvalue weighted by molar-refractivity contribution is 5.78. The van der Waals surface area contributed by atoms with Crippen molar-refractivity contribution in [2.75, 3.05) is 21.1 Å². The summed E-state index contributed by atoms with van der Waals surface area (Å²) in [6, 6.07) is -1.15. The van der Waals surface area contributed by atoms with Crippen LogP contribution in [0.3, 0.4) is 0 Å². The Kier molecular flexibility index (Phi) is 17.4. The predicted molar refractivity (Wildman–Crippen MR) is 129 cm³/mol. The van der Waals surface area contributed by atoms with Crippen molar-refractivity contribution >= 4 is 11.9 Å². The first-order valence-corrected chi connectivity index (χ1v) is 12.7. The number of carbonyl (C=O) groups excluding carboxylic acids is 2. The fourth-order valence-electron chi connectivity index (χ4n) is 4.06. The molecule has 0 spiro atoms. The maximum atomic E-state index is 12.3. The van der Waals surface area contributed by atoms with Crippen LogP contribution in [-0.2, 0) is 9.59 Å². The smallest absolute Gasteiger partial charge is 0.220 e. The standard InChI is InChI=1S/C26H50N2O3/c1-6-8-9-10-11-12-13-14-15-16-17-18-19-20-21-22-24(29)27-23(7-2)25(26(30)31)28(3,4)5/h14-15,23,25H,6-13,16-22H2,1-5H3,(H-,27,29,30,31)/b15-14-. The van der Waals surface area contributed by atoms with Gasteiger partial charge in [-0.15, -0.1) is 0 Å². The maximum Gasteiger partial charge on any atom is 0.220 e. The van der Waals surface area contributed by atoms with E-state index in [0.29, 0.717) is 12.8 Å². The monoisotopic (exact) mass is 438 g/mol. The van der Waals surface area contributed by atoms with E-state index in [2.05, 4.69) is 24.4 Å². The van der Waals surface area contributed by atoms with Gasteiger partial charge in [-0.05, 0) is 38.5 Å². The van der Waals surface area contributed by atoms with Crippen LogP contribution in [0.4, 0.5) is 0 Å². The summed E-state index contributed by atoms with van der Waals surface area (Å²) in [5.74, 6) is -1.16. The summed E-state index contributed by atoms with van der Waals surface area (Å²) < 4.78 is 0.231. The fourth-order valence-corrected chi connectivity index (χ4v) is 4.06. The van der Waals surface area contributed by atoms with E-state index in [9.17, 15) is 14.7 Å². The number of allylic oxidation sites excluding steroid dienone is 2. The van der Waals surface area contributed by atoms with E-state index in [4.69, 9.17) is 0 Å². The Balaban J connectivity index is 3.79. The molecule has 0 saturated carbocycles. The molecule has 1 N–H and O–H groups in total. The van der Waals surface area contributed by atoms with Gasteiger partial charge in [-0.2, -0.15) is 0 Å². The molecule has 0 aromatic carbocycles. The van der Waals surface area contributed by atoms with Gasteiger partial charge in [0, 0.05) is 6.42 Å². The van der Waals surface area contributed by atoms with E-state index in [-0.39, 0.29) is 10.4 Å². The number of nitrogens with zero attached hydrogens (tertiary/aromatic N) is 1. The molecule has 5 nitrogen and oxygen atoms in total. The number of unbranched alkanes of at least 4 members (excludes halogenated alkanes) is 11. The zero-order valence-corrected chi connectivity index (χ0v) is 21.1. The number of hydrogen-bond donors (Lipinski definition) is 1. The second kappa shape index (κ2) is 18.2. The Hall–Kier alpha value is -1.36. The molecule has 0 aliphatic rings. The van der Waals surface area contributed by atoms with E-state index in [1.54, 1.807) is 0 Å². The zero-order valence-electron chi connectivity index (χ0n) is 21.1. The van der Waals surface area contributed by atoms with E-state index in [1.165, 1.54) is 57.8 Å². The predicted octanol–water partition coefficient (Wildman–Crippen LogP) is 4.74. The fraction of sp³-hybridized carbons (Fsp3) is 0.846. The number of likely N-dealkylation sites (N-methyl/N-ethyl adjacent to an activating group) is 1. The Morgan fingerprint density at radius 3 is 1.74 bits per heavy atom. The van der Waals surface area contributed by atoms with Gasteiger partial charge in [0.2, 0.25) is 5.91 Å². The van der Waals surface area contributed by atoms with Crippen LogP contribution in [0.2, 0.25) is 0 Å². The van der Waals surface area contributed by atoms with Crippen LogP contribution in [0.25, 0.3) is 0 Å². The molecular weight excluding hydrogens is 388 g/mol. The summed E-state index contributed by atoms with van der Waals surface area (Å²) in [5.41, 5.74) is 0. The van der Waals surface area contributed by atoms with Crippen LogP contribution in [0.5, 0.6) is 0 Å². The topological polar surface area (TPSA) is 69.2 Å². The van der Waals surface area contributed by atoms with Crippen LogP contribution < -0.4 is 10.4 Å². The molecule has 0 aromatic rings. The largest absolute Gasteiger partial charge is 0.544 e. The second-order valence-electron chi connectivity index (χ2n) is 9.80. The highest BCUT2D eigenvalue weighted by Gasteiger charge is 2.33. The second-order valence-corrected chi connectivity index (χ2v) is 9.80. The number of aliphatic carboxylic acids is 1. The summed E-state index contributed by atoms with van der Waals surface area (Å²) in [5, 5.41) is 14.5. The Morgan fingerprint density at radius 1 is 0.806 bits per heavy atom. The van der Waals surface area contributed by atoms with Gasteiger partial charge in [0.05, 0.1) is 27.2 Å². The number of amides is 1. The highest BCUT2D eigenvalue weighted by atomic mass is 16.4. The van der Waals surface area contributed by atoms with Crippen molar-refractivity contribution < 1.29 is 19.2 Å². The average molecular weight is 439 g/mol. The van der Waals surface area contributed by atoms with Gasteiger partial charge < -0.3 is 19.7 Å². The minimum Gasteiger partial charge on any atom is -0.544 e. The van der Waals surface area contributed by atoms with Crippen molar-refractivity contribution in [3.63, 3.8) is 0 Å². The Bertz CT molecular complexity index is 497. The molecule has 0 rings (SSSR count). The summed E-state index contributed by atoms with van der Waals surface area (Å²) in [4.78, 5) is 23.8. The molecule has 0 aliphatic heterocycles. The first kappa shape index (κ1) is 29.6. The summed E-state index contributed by atoms with van der Waals surface area (Å²) >= 11 is 0. The summed E-state index contributed by atoms with van der Waals surface area (Å²) in [6.07, 6.45) is 21.7. The van der Waals surface area contributed by atoms with Crippen molar-refractivity contribution in [2.24, 2.45) is 0 Å². The lowest BCUT2D eigenvalue weighted by molar-refractivity contribution is -0.890. The third kappa shape index (κ3) is 16.0. The average Bonchev–Trinajstić information content (AvgIpc) is 2.69. The number of carboxylic acid groups (broad SMARTS) is 1. The lowest BCUT2D eigenvalue weighted by atomic mass is 10.0. The molecule has 0 radical (unpaired) electrons.